The van der Waals surface area contributed by atoms with Gasteiger partial charge >= 0.3 is 0 Å². The first kappa shape index (κ1) is 32.4. The Morgan fingerprint density at radius 1 is 1.07 bits per heavy atom. The zero-order chi connectivity index (χ0) is 31.6. The predicted octanol–water partition coefficient (Wildman–Crippen LogP) is 5.11. The Labute approximate surface area is 263 Å². The second-order valence-corrected chi connectivity index (χ2v) is 13.7. The molecule has 4 fully saturated rings. The molecule has 1 N–H and O–H groups in total. The van der Waals surface area contributed by atoms with E-state index in [2.05, 4.69) is 27.0 Å². The van der Waals surface area contributed by atoms with Crippen LogP contribution in [0.25, 0.3) is 0 Å². The van der Waals surface area contributed by atoms with Crippen LogP contribution in [0.4, 0.5) is 5.69 Å². The lowest BCUT2D eigenvalue weighted by Gasteiger charge is -2.42. The molecular weight excluding hydrogens is 554 g/mol. The maximum Gasteiger partial charge on any atom is 0.248 e. The highest BCUT2D eigenvalue weighted by Crippen LogP contribution is 2.65. The van der Waals surface area contributed by atoms with Crippen molar-refractivity contribution in [2.24, 2.45) is 17.8 Å². The molecule has 4 aliphatic rings. The lowest BCUT2D eigenvalue weighted by Crippen LogP contribution is -2.60. The number of para-hydroxylation sites is 1. The van der Waals surface area contributed by atoms with Gasteiger partial charge in [0.1, 0.15) is 11.6 Å². The summed E-state index contributed by atoms with van der Waals surface area (Å²) in [6.07, 6.45) is 10.8. The van der Waals surface area contributed by atoms with Gasteiger partial charge in [0.15, 0.2) is 0 Å². The molecule has 6 atom stereocenters. The van der Waals surface area contributed by atoms with Gasteiger partial charge in [-0.3, -0.25) is 14.4 Å². The normalized spacial score (nSPS) is 30.3. The van der Waals surface area contributed by atoms with Crippen molar-refractivity contribution in [2.75, 3.05) is 24.6 Å². The third-order valence-electron chi connectivity index (χ3n) is 10.7. The van der Waals surface area contributed by atoms with E-state index in [4.69, 9.17) is 4.74 Å². The minimum absolute atomic E-state index is 0.0664. The second-order valence-electron chi connectivity index (χ2n) is 13.7. The van der Waals surface area contributed by atoms with E-state index in [0.29, 0.717) is 38.8 Å². The molecule has 1 aromatic rings. The first-order valence-corrected chi connectivity index (χ1v) is 16.7. The number of nitrogens with zero attached hydrogens (tertiary/aromatic N) is 3. The zero-order valence-electron chi connectivity index (χ0n) is 26.8. The van der Waals surface area contributed by atoms with Crippen molar-refractivity contribution in [3.8, 4) is 0 Å². The average Bonchev–Trinajstić information content (AvgIpc) is 3.65. The molecule has 0 radical (unpaired) electrons. The summed E-state index contributed by atoms with van der Waals surface area (Å²) in [6.45, 7) is 14.4. The fourth-order valence-corrected chi connectivity index (χ4v) is 8.86. The second kappa shape index (κ2) is 13.2. The van der Waals surface area contributed by atoms with Gasteiger partial charge in [-0.15, -0.1) is 13.2 Å². The highest BCUT2D eigenvalue weighted by Gasteiger charge is 2.79. The van der Waals surface area contributed by atoms with Gasteiger partial charge in [0.05, 0.1) is 30.1 Å². The highest BCUT2D eigenvalue weighted by atomic mass is 16.5. The minimum Gasteiger partial charge on any atom is -0.394 e. The van der Waals surface area contributed by atoms with Gasteiger partial charge in [-0.1, -0.05) is 70.4 Å². The smallest absolute Gasteiger partial charge is 0.248 e. The van der Waals surface area contributed by atoms with E-state index in [1.165, 1.54) is 0 Å². The molecule has 1 spiro atoms. The van der Waals surface area contributed by atoms with Gasteiger partial charge in [0, 0.05) is 24.8 Å². The Hall–Kier alpha value is -2.97. The Morgan fingerprint density at radius 3 is 2.34 bits per heavy atom. The molecule has 1 saturated carbocycles. The standard InChI is InChI=1S/C36H51N3O5/c1-6-21-37(26-15-11-9-12-16-26)32(41)29-30-33(42)39(28(24-40)23-25(4)5)31(36(30)20-19-35(29,8-3)44-36)34(43)38(22-7-2)27-17-13-10-14-18-27/h6-7,9,11-12,15-16,25,27-31,40H,1-2,8,10,13-14,17-24H2,3-5H3/t28-,29+,30+,31?,35-,36?/m1/s1. The first-order chi connectivity index (χ1) is 21.2. The Morgan fingerprint density at radius 2 is 1.75 bits per heavy atom. The van der Waals surface area contributed by atoms with Gasteiger partial charge in [0.2, 0.25) is 17.7 Å². The summed E-state index contributed by atoms with van der Waals surface area (Å²) in [7, 11) is 0. The fraction of sp³-hybridized carbons (Fsp3) is 0.639. The van der Waals surface area contributed by atoms with E-state index in [9.17, 15) is 19.5 Å². The van der Waals surface area contributed by atoms with Gasteiger partial charge in [0.25, 0.3) is 0 Å². The van der Waals surface area contributed by atoms with E-state index in [1.54, 1.807) is 22.0 Å². The number of likely N-dealkylation sites (tertiary alicyclic amines) is 1. The Bertz CT molecular complexity index is 1230. The molecule has 240 valence electrons. The summed E-state index contributed by atoms with van der Waals surface area (Å²) in [5, 5.41) is 10.7. The number of hydrogen-bond acceptors (Lipinski definition) is 5. The van der Waals surface area contributed by atoms with Crippen LogP contribution >= 0.6 is 0 Å². The summed E-state index contributed by atoms with van der Waals surface area (Å²) >= 11 is 0. The van der Waals surface area contributed by atoms with E-state index < -0.39 is 35.1 Å². The van der Waals surface area contributed by atoms with Gasteiger partial charge in [-0.2, -0.15) is 0 Å². The van der Waals surface area contributed by atoms with Crippen molar-refractivity contribution >= 4 is 23.4 Å². The first-order valence-electron chi connectivity index (χ1n) is 16.7. The van der Waals surface area contributed by atoms with E-state index in [0.717, 1.165) is 37.8 Å². The average molecular weight is 606 g/mol. The monoisotopic (exact) mass is 605 g/mol. The molecule has 3 aliphatic heterocycles. The van der Waals surface area contributed by atoms with E-state index in [1.807, 2.05) is 42.2 Å². The minimum atomic E-state index is -1.14. The Balaban J connectivity index is 1.63. The molecular formula is C36H51N3O5. The number of ether oxygens (including phenoxy) is 1. The molecule has 8 heteroatoms. The number of carbonyl (C=O) groups excluding carboxylic acids is 3. The van der Waals surface area contributed by atoms with Crippen LogP contribution in [-0.2, 0) is 19.1 Å². The molecule has 2 unspecified atom stereocenters. The van der Waals surface area contributed by atoms with E-state index in [-0.39, 0.29) is 36.3 Å². The third-order valence-corrected chi connectivity index (χ3v) is 10.7. The number of rotatable bonds is 13. The molecule has 44 heavy (non-hydrogen) atoms. The van der Waals surface area contributed by atoms with Crippen LogP contribution in [0.5, 0.6) is 0 Å². The summed E-state index contributed by atoms with van der Waals surface area (Å²) in [5.74, 6) is -1.94. The highest BCUT2D eigenvalue weighted by molar-refractivity contribution is 6.03. The van der Waals surface area contributed by atoms with Crippen molar-refractivity contribution in [1.82, 2.24) is 9.80 Å². The fourth-order valence-electron chi connectivity index (χ4n) is 8.86. The summed E-state index contributed by atoms with van der Waals surface area (Å²) in [5.41, 5.74) is -1.26. The number of aliphatic hydroxyl groups is 1. The largest absolute Gasteiger partial charge is 0.394 e. The van der Waals surface area contributed by atoms with E-state index >= 15 is 0 Å². The molecule has 8 nitrogen and oxygen atoms in total. The van der Waals surface area contributed by atoms with Crippen molar-refractivity contribution in [3.05, 3.63) is 55.6 Å². The van der Waals surface area contributed by atoms with Crippen molar-refractivity contribution in [2.45, 2.75) is 108 Å². The number of benzene rings is 1. The van der Waals surface area contributed by atoms with Crippen molar-refractivity contribution in [3.63, 3.8) is 0 Å². The number of amides is 3. The third kappa shape index (κ3) is 5.32. The molecule has 1 aliphatic carbocycles. The summed E-state index contributed by atoms with van der Waals surface area (Å²) in [4.78, 5) is 49.8. The number of hydrogen-bond donors (Lipinski definition) is 1. The zero-order valence-corrected chi connectivity index (χ0v) is 26.8. The topological polar surface area (TPSA) is 90.4 Å². The molecule has 1 aromatic carbocycles. The Kier molecular flexibility index (Phi) is 9.71. The van der Waals surface area contributed by atoms with Crippen LogP contribution in [-0.4, -0.2) is 81.7 Å². The van der Waals surface area contributed by atoms with Gasteiger partial charge in [-0.05, 0) is 56.6 Å². The molecule has 2 bridgehead atoms. The van der Waals surface area contributed by atoms with Gasteiger partial charge < -0.3 is 24.5 Å². The molecule has 0 aromatic heterocycles. The molecule has 3 saturated heterocycles. The number of carbonyl (C=O) groups is 3. The number of fused-ring (bicyclic) bond motifs is 1. The lowest BCUT2D eigenvalue weighted by atomic mass is 9.64. The van der Waals surface area contributed by atoms with Crippen LogP contribution in [0.15, 0.2) is 55.6 Å². The number of anilines is 1. The van der Waals surface area contributed by atoms with Crippen LogP contribution in [0.1, 0.15) is 78.6 Å². The quantitative estimate of drug-likeness (QED) is 0.316. The number of aliphatic hydroxyl groups excluding tert-OH is 1. The van der Waals surface area contributed by atoms with Crippen LogP contribution in [0.2, 0.25) is 0 Å². The maximum atomic E-state index is 15.0. The lowest BCUT2D eigenvalue weighted by molar-refractivity contribution is -0.158. The summed E-state index contributed by atoms with van der Waals surface area (Å²) < 4.78 is 7.08. The van der Waals surface area contributed by atoms with Crippen LogP contribution in [0, 0.1) is 17.8 Å². The van der Waals surface area contributed by atoms with Crippen LogP contribution in [0.3, 0.4) is 0 Å². The SMILES string of the molecule is C=CCN(C(=O)[C@@H]1[C@H]2C(=O)N([C@@H](CO)CC(C)C)C(C(=O)N(CC=C)C3CCCCC3)C23CC[C@@]1(CC)O3)c1ccccc1. The van der Waals surface area contributed by atoms with Crippen LogP contribution < -0.4 is 4.90 Å². The molecule has 5 rings (SSSR count). The molecule has 3 amide bonds. The maximum absolute atomic E-state index is 15.0. The molecule has 3 heterocycles. The van der Waals surface area contributed by atoms with Gasteiger partial charge in [-0.25, -0.2) is 0 Å². The van der Waals surface area contributed by atoms with Crippen molar-refractivity contribution < 1.29 is 24.2 Å². The van der Waals surface area contributed by atoms with Crippen molar-refractivity contribution in [1.29, 1.82) is 0 Å². The predicted molar refractivity (Wildman–Crippen MR) is 172 cm³/mol. The summed E-state index contributed by atoms with van der Waals surface area (Å²) in [6, 6.07) is 8.07.